The van der Waals surface area contributed by atoms with Crippen LogP contribution in [0.3, 0.4) is 0 Å². The van der Waals surface area contributed by atoms with Crippen LogP contribution in [0.5, 0.6) is 5.75 Å². The zero-order chi connectivity index (χ0) is 25.0. The van der Waals surface area contributed by atoms with Crippen molar-refractivity contribution < 1.29 is 19.4 Å². The minimum Gasteiger partial charge on any atom is -0.492 e. The van der Waals surface area contributed by atoms with E-state index < -0.39 is 12.1 Å². The van der Waals surface area contributed by atoms with Crippen molar-refractivity contribution in [2.24, 2.45) is 0 Å². The summed E-state index contributed by atoms with van der Waals surface area (Å²) in [4.78, 5) is 12.5. The van der Waals surface area contributed by atoms with E-state index in [0.29, 0.717) is 19.6 Å². The highest BCUT2D eigenvalue weighted by Crippen LogP contribution is 2.29. The topological polar surface area (TPSA) is 84.8 Å². The molecule has 4 rings (SSSR count). The van der Waals surface area contributed by atoms with E-state index in [0.717, 1.165) is 44.0 Å². The van der Waals surface area contributed by atoms with E-state index in [2.05, 4.69) is 52.6 Å². The number of aromatic nitrogens is 1. The lowest BCUT2D eigenvalue weighted by Crippen LogP contribution is -2.39. The maximum Gasteiger partial charge on any atom is 0.333 e. The fourth-order valence-electron chi connectivity index (χ4n) is 3.86. The molecule has 190 valence electrons. The van der Waals surface area contributed by atoms with Gasteiger partial charge in [-0.2, -0.15) is 0 Å². The summed E-state index contributed by atoms with van der Waals surface area (Å²) in [7, 11) is 0. The number of carboxylic acid groups (broad SMARTS) is 1. The molecule has 0 unspecified atom stereocenters. The standard InChI is InChI=1S/C23H27NO4S.C4H10N2/c1-4-27-21(23(25)26)14-18-6-8-19(9-7-18)28-12-11-24-17(3)5-10-20(24)22-13-16(2)15-29-22;1-2-6-4-3-5-1/h5-10,13,15,21H,4,11-12,14H2,1-3H3,(H,25,26);5-6H,1-4H2/t21-;/m0./s1. The van der Waals surface area contributed by atoms with Gasteiger partial charge in [-0.25, -0.2) is 4.79 Å². The number of rotatable bonds is 10. The largest absolute Gasteiger partial charge is 0.492 e. The molecule has 0 saturated carbocycles. The lowest BCUT2D eigenvalue weighted by atomic mass is 10.1. The normalized spacial score (nSPS) is 14.1. The SMILES string of the molecule is C1CNCCN1.CCO[C@@H](Cc1ccc(OCCn2c(C)ccc2-c2cc(C)cs2)cc1)C(=O)O. The zero-order valence-corrected chi connectivity index (χ0v) is 21.7. The van der Waals surface area contributed by atoms with Crippen molar-refractivity contribution in [2.45, 2.75) is 39.8 Å². The van der Waals surface area contributed by atoms with E-state index in [4.69, 9.17) is 9.47 Å². The van der Waals surface area contributed by atoms with Crippen LogP contribution >= 0.6 is 11.3 Å². The Hall–Kier alpha value is -2.65. The van der Waals surface area contributed by atoms with Crippen LogP contribution in [0.2, 0.25) is 0 Å². The fraction of sp³-hybridized carbons (Fsp3) is 0.444. The summed E-state index contributed by atoms with van der Waals surface area (Å²) in [5.41, 5.74) is 4.62. The Morgan fingerprint density at radius 2 is 1.77 bits per heavy atom. The van der Waals surface area contributed by atoms with Crippen molar-refractivity contribution in [1.82, 2.24) is 15.2 Å². The molecule has 0 spiro atoms. The summed E-state index contributed by atoms with van der Waals surface area (Å²) in [5, 5.41) is 17.8. The molecule has 8 heteroatoms. The van der Waals surface area contributed by atoms with Gasteiger partial charge in [0.05, 0.1) is 17.1 Å². The Balaban J connectivity index is 0.000000497. The lowest BCUT2D eigenvalue weighted by molar-refractivity contribution is -0.149. The lowest BCUT2D eigenvalue weighted by Gasteiger charge is -2.14. The Bertz CT molecular complexity index is 1030. The minimum atomic E-state index is -0.939. The number of nitrogens with one attached hydrogen (secondary N) is 2. The third-order valence-electron chi connectivity index (χ3n) is 5.71. The Labute approximate surface area is 212 Å². The fourth-order valence-corrected chi connectivity index (χ4v) is 4.79. The number of carbonyl (C=O) groups is 1. The number of benzene rings is 1. The van der Waals surface area contributed by atoms with Gasteiger partial charge in [0, 0.05) is 44.9 Å². The summed E-state index contributed by atoms with van der Waals surface area (Å²) >= 11 is 1.76. The first kappa shape index (κ1) is 26.9. The average Bonchev–Trinajstić information content (AvgIpc) is 3.46. The van der Waals surface area contributed by atoms with Crippen LogP contribution in [0, 0.1) is 13.8 Å². The minimum absolute atomic E-state index is 0.343. The second kappa shape index (κ2) is 14.0. The second-order valence-corrected chi connectivity index (χ2v) is 9.39. The Morgan fingerprint density at radius 3 is 2.31 bits per heavy atom. The highest BCUT2D eigenvalue weighted by Gasteiger charge is 2.17. The Kier molecular flexibility index (Phi) is 10.8. The highest BCUT2D eigenvalue weighted by atomic mass is 32.1. The van der Waals surface area contributed by atoms with Crippen LogP contribution < -0.4 is 15.4 Å². The summed E-state index contributed by atoms with van der Waals surface area (Å²) in [6, 6.07) is 14.1. The van der Waals surface area contributed by atoms with Crippen molar-refractivity contribution in [3.8, 4) is 16.3 Å². The number of thiophene rings is 1. The number of ether oxygens (including phenoxy) is 2. The quantitative estimate of drug-likeness (QED) is 0.389. The van der Waals surface area contributed by atoms with E-state index >= 15 is 0 Å². The molecule has 1 saturated heterocycles. The molecule has 0 aliphatic carbocycles. The smallest absolute Gasteiger partial charge is 0.333 e. The monoisotopic (exact) mass is 499 g/mol. The van der Waals surface area contributed by atoms with Gasteiger partial charge in [-0.05, 0) is 67.6 Å². The van der Waals surface area contributed by atoms with Gasteiger partial charge in [-0.3, -0.25) is 0 Å². The van der Waals surface area contributed by atoms with Gasteiger partial charge in [0.15, 0.2) is 6.10 Å². The molecule has 3 aromatic rings. The molecule has 7 nitrogen and oxygen atoms in total. The average molecular weight is 500 g/mol. The molecular weight excluding hydrogens is 462 g/mol. The highest BCUT2D eigenvalue weighted by molar-refractivity contribution is 7.13. The van der Waals surface area contributed by atoms with Gasteiger partial charge >= 0.3 is 5.97 Å². The third-order valence-corrected chi connectivity index (χ3v) is 6.78. The van der Waals surface area contributed by atoms with Crippen molar-refractivity contribution in [2.75, 3.05) is 39.4 Å². The predicted molar refractivity (Wildman–Crippen MR) is 142 cm³/mol. The van der Waals surface area contributed by atoms with Gasteiger partial charge in [-0.15, -0.1) is 11.3 Å². The number of hydrogen-bond acceptors (Lipinski definition) is 6. The number of carboxylic acids is 1. The van der Waals surface area contributed by atoms with E-state index in [9.17, 15) is 9.90 Å². The van der Waals surface area contributed by atoms with E-state index in [-0.39, 0.29) is 0 Å². The molecule has 0 radical (unpaired) electrons. The maximum absolute atomic E-state index is 11.2. The van der Waals surface area contributed by atoms with Crippen molar-refractivity contribution >= 4 is 17.3 Å². The molecule has 0 amide bonds. The van der Waals surface area contributed by atoms with Crippen LogP contribution in [0.4, 0.5) is 0 Å². The van der Waals surface area contributed by atoms with Gasteiger partial charge < -0.3 is 29.8 Å². The van der Waals surface area contributed by atoms with Crippen molar-refractivity contribution in [3.05, 3.63) is 64.7 Å². The maximum atomic E-state index is 11.2. The Morgan fingerprint density at radius 1 is 1.09 bits per heavy atom. The van der Waals surface area contributed by atoms with Gasteiger partial charge in [0.25, 0.3) is 0 Å². The summed E-state index contributed by atoms with van der Waals surface area (Å²) in [6.07, 6.45) is -0.474. The van der Waals surface area contributed by atoms with Gasteiger partial charge in [-0.1, -0.05) is 12.1 Å². The molecule has 35 heavy (non-hydrogen) atoms. The first-order chi connectivity index (χ1) is 17.0. The molecule has 2 aromatic heterocycles. The molecule has 3 heterocycles. The summed E-state index contributed by atoms with van der Waals surface area (Å²) in [5.74, 6) is -0.165. The first-order valence-corrected chi connectivity index (χ1v) is 13.0. The summed E-state index contributed by atoms with van der Waals surface area (Å²) < 4.78 is 13.5. The van der Waals surface area contributed by atoms with E-state index in [1.54, 1.807) is 18.3 Å². The molecule has 1 aromatic carbocycles. The zero-order valence-electron chi connectivity index (χ0n) is 20.9. The molecule has 1 aliphatic heterocycles. The van der Waals surface area contributed by atoms with Crippen LogP contribution in [0.1, 0.15) is 23.7 Å². The number of hydrogen-bond donors (Lipinski definition) is 3. The third kappa shape index (κ3) is 8.50. The molecule has 3 N–H and O–H groups in total. The van der Waals surface area contributed by atoms with Crippen LogP contribution in [0.25, 0.3) is 10.6 Å². The van der Waals surface area contributed by atoms with Crippen molar-refractivity contribution in [3.63, 3.8) is 0 Å². The van der Waals surface area contributed by atoms with Gasteiger partial charge in [0.2, 0.25) is 0 Å². The van der Waals surface area contributed by atoms with Gasteiger partial charge in [0.1, 0.15) is 12.4 Å². The first-order valence-electron chi connectivity index (χ1n) is 12.2. The van der Waals surface area contributed by atoms with Crippen molar-refractivity contribution in [1.29, 1.82) is 0 Å². The molecular formula is C27H37N3O4S. The number of aryl methyl sites for hydroxylation is 2. The molecule has 1 fully saturated rings. The number of piperazine rings is 1. The second-order valence-electron chi connectivity index (χ2n) is 8.48. The summed E-state index contributed by atoms with van der Waals surface area (Å²) in [6.45, 7) is 12.3. The van der Waals surface area contributed by atoms with Crippen LogP contribution in [-0.4, -0.2) is 61.1 Å². The van der Waals surface area contributed by atoms with Crippen LogP contribution in [0.15, 0.2) is 47.8 Å². The number of aliphatic carboxylic acids is 1. The molecule has 1 atom stereocenters. The molecule has 0 bridgehead atoms. The number of nitrogens with zero attached hydrogens (tertiary/aromatic N) is 1. The predicted octanol–water partition coefficient (Wildman–Crippen LogP) is 4.12. The van der Waals surface area contributed by atoms with E-state index in [1.807, 2.05) is 24.3 Å². The molecule has 1 aliphatic rings. The van der Waals surface area contributed by atoms with Crippen LogP contribution in [-0.2, 0) is 22.5 Å². The van der Waals surface area contributed by atoms with E-state index in [1.165, 1.54) is 21.8 Å².